The van der Waals surface area contributed by atoms with Gasteiger partial charge in [0.05, 0.1) is 12.7 Å². The molecular weight excluding hydrogens is 168 g/mol. The molecule has 1 aliphatic carbocycles. The summed E-state index contributed by atoms with van der Waals surface area (Å²) < 4.78 is 11.2. The lowest BCUT2D eigenvalue weighted by Crippen LogP contribution is -2.28. The Morgan fingerprint density at radius 1 is 1.62 bits per heavy atom. The van der Waals surface area contributed by atoms with E-state index in [0.29, 0.717) is 6.61 Å². The molecule has 2 fully saturated rings. The molecule has 1 saturated heterocycles. The van der Waals surface area contributed by atoms with Crippen LogP contribution in [0.2, 0.25) is 0 Å². The highest BCUT2D eigenvalue weighted by molar-refractivity contribution is 4.97. The number of aliphatic hydroxyl groups excluding tert-OH is 1. The molecule has 76 valence electrons. The zero-order valence-corrected chi connectivity index (χ0v) is 8.16. The first-order valence-corrected chi connectivity index (χ1v) is 5.18. The molecule has 0 aromatic carbocycles. The summed E-state index contributed by atoms with van der Waals surface area (Å²) in [5, 5.41) is 9.38. The number of rotatable bonds is 3. The second-order valence-electron chi connectivity index (χ2n) is 4.13. The largest absolute Gasteiger partial charge is 0.396 e. The predicted octanol–water partition coefficient (Wildman–Crippen LogP) is 1.30. The maximum absolute atomic E-state index is 9.38. The highest BCUT2D eigenvalue weighted by atomic mass is 16.7. The molecular formula is C10H18O3. The third-order valence-electron chi connectivity index (χ3n) is 3.38. The van der Waals surface area contributed by atoms with Gasteiger partial charge in [0, 0.05) is 18.4 Å². The highest BCUT2D eigenvalue weighted by Gasteiger charge is 2.51. The van der Waals surface area contributed by atoms with Crippen LogP contribution in [0.4, 0.5) is 0 Å². The quantitative estimate of drug-likeness (QED) is 0.722. The molecule has 3 atom stereocenters. The number of hydrogen-bond acceptors (Lipinski definition) is 3. The van der Waals surface area contributed by atoms with Crippen LogP contribution in [0.25, 0.3) is 0 Å². The highest BCUT2D eigenvalue weighted by Crippen LogP contribution is 2.49. The fourth-order valence-electron chi connectivity index (χ4n) is 2.65. The van der Waals surface area contributed by atoms with Crippen molar-refractivity contribution in [1.29, 1.82) is 0 Å². The van der Waals surface area contributed by atoms with Crippen LogP contribution in [0.3, 0.4) is 0 Å². The van der Waals surface area contributed by atoms with Gasteiger partial charge in [-0.1, -0.05) is 6.42 Å². The van der Waals surface area contributed by atoms with Crippen molar-refractivity contribution in [2.75, 3.05) is 13.2 Å². The lowest BCUT2D eigenvalue weighted by molar-refractivity contribution is -0.131. The number of hydrogen-bond donors (Lipinski definition) is 1. The van der Waals surface area contributed by atoms with Crippen molar-refractivity contribution in [1.82, 2.24) is 0 Å². The molecule has 0 radical (unpaired) electrons. The van der Waals surface area contributed by atoms with E-state index in [4.69, 9.17) is 9.47 Å². The van der Waals surface area contributed by atoms with E-state index < -0.39 is 0 Å². The van der Waals surface area contributed by atoms with Crippen molar-refractivity contribution in [3.63, 3.8) is 0 Å². The Labute approximate surface area is 79.0 Å². The van der Waals surface area contributed by atoms with Crippen molar-refractivity contribution in [2.24, 2.45) is 5.41 Å². The Balaban J connectivity index is 2.00. The molecule has 13 heavy (non-hydrogen) atoms. The second kappa shape index (κ2) is 3.56. The van der Waals surface area contributed by atoms with E-state index in [1.54, 1.807) is 0 Å². The lowest BCUT2D eigenvalue weighted by Gasteiger charge is -2.23. The molecule has 1 N–H and O–H groups in total. The van der Waals surface area contributed by atoms with Gasteiger partial charge in [0.1, 0.15) is 0 Å². The summed E-state index contributed by atoms with van der Waals surface area (Å²) in [7, 11) is 0. The smallest absolute Gasteiger partial charge is 0.158 e. The average Bonchev–Trinajstić information content (AvgIpc) is 2.61. The predicted molar refractivity (Wildman–Crippen MR) is 48.3 cm³/mol. The molecule has 3 heteroatoms. The summed E-state index contributed by atoms with van der Waals surface area (Å²) in [5.41, 5.74) is 0.0276. The topological polar surface area (TPSA) is 38.7 Å². The molecule has 1 heterocycles. The first kappa shape index (κ1) is 9.44. The fraction of sp³-hybridized carbons (Fsp3) is 1.00. The summed E-state index contributed by atoms with van der Waals surface area (Å²) in [6.45, 7) is 2.92. The number of ether oxygens (including phenoxy) is 2. The molecule has 3 nitrogen and oxygen atoms in total. The minimum absolute atomic E-state index is 0.0276. The Morgan fingerprint density at radius 2 is 2.46 bits per heavy atom. The molecule has 0 bridgehead atoms. The number of fused-ring (bicyclic) bond motifs is 1. The lowest BCUT2D eigenvalue weighted by atomic mass is 9.83. The summed E-state index contributed by atoms with van der Waals surface area (Å²) in [5.74, 6) is 0. The molecule has 0 spiro atoms. The monoisotopic (exact) mass is 186 g/mol. The summed E-state index contributed by atoms with van der Waals surface area (Å²) in [6.07, 6.45) is 4.42. The van der Waals surface area contributed by atoms with E-state index in [9.17, 15) is 5.11 Å². The molecule has 0 amide bonds. The van der Waals surface area contributed by atoms with Gasteiger partial charge < -0.3 is 14.6 Å². The third kappa shape index (κ3) is 1.49. The van der Waals surface area contributed by atoms with Crippen LogP contribution >= 0.6 is 0 Å². The molecule has 2 aliphatic rings. The standard InChI is InChI=1S/C10H18O3/c1-2-12-9-6-10(7-11)5-3-4-8(10)13-9/h8-9,11H,2-7H2,1H3. The molecule has 0 aromatic rings. The van der Waals surface area contributed by atoms with Gasteiger partial charge in [-0.2, -0.15) is 0 Å². The van der Waals surface area contributed by atoms with E-state index in [1.807, 2.05) is 6.92 Å². The van der Waals surface area contributed by atoms with Crippen molar-refractivity contribution in [2.45, 2.75) is 45.0 Å². The molecule has 1 saturated carbocycles. The van der Waals surface area contributed by atoms with Crippen molar-refractivity contribution in [3.8, 4) is 0 Å². The maximum atomic E-state index is 9.38. The maximum Gasteiger partial charge on any atom is 0.158 e. The fourth-order valence-corrected chi connectivity index (χ4v) is 2.65. The van der Waals surface area contributed by atoms with Crippen LogP contribution in [0, 0.1) is 5.41 Å². The summed E-state index contributed by atoms with van der Waals surface area (Å²) in [4.78, 5) is 0. The van der Waals surface area contributed by atoms with Crippen molar-refractivity contribution < 1.29 is 14.6 Å². The summed E-state index contributed by atoms with van der Waals surface area (Å²) >= 11 is 0. The summed E-state index contributed by atoms with van der Waals surface area (Å²) in [6, 6.07) is 0. The minimum atomic E-state index is -0.0672. The Bertz CT molecular complexity index is 183. The van der Waals surface area contributed by atoms with Crippen LogP contribution in [0.1, 0.15) is 32.6 Å². The van der Waals surface area contributed by atoms with Crippen LogP contribution in [0.5, 0.6) is 0 Å². The van der Waals surface area contributed by atoms with Gasteiger partial charge in [0.2, 0.25) is 0 Å². The van der Waals surface area contributed by atoms with Gasteiger partial charge in [-0.05, 0) is 19.8 Å². The van der Waals surface area contributed by atoms with Crippen molar-refractivity contribution >= 4 is 0 Å². The SMILES string of the molecule is CCOC1CC2(CO)CCCC2O1. The van der Waals surface area contributed by atoms with Crippen LogP contribution < -0.4 is 0 Å². The molecule has 2 rings (SSSR count). The van der Waals surface area contributed by atoms with Gasteiger partial charge in [0.15, 0.2) is 6.29 Å². The van der Waals surface area contributed by atoms with Crippen molar-refractivity contribution in [3.05, 3.63) is 0 Å². The van der Waals surface area contributed by atoms with E-state index in [1.165, 1.54) is 6.42 Å². The van der Waals surface area contributed by atoms with Crippen LogP contribution in [-0.4, -0.2) is 30.7 Å². The molecule has 3 unspecified atom stereocenters. The third-order valence-corrected chi connectivity index (χ3v) is 3.38. The first-order chi connectivity index (χ1) is 6.30. The zero-order valence-electron chi connectivity index (χ0n) is 8.16. The van der Waals surface area contributed by atoms with E-state index in [-0.39, 0.29) is 24.4 Å². The average molecular weight is 186 g/mol. The Morgan fingerprint density at radius 3 is 3.08 bits per heavy atom. The number of aliphatic hydroxyl groups is 1. The van der Waals surface area contributed by atoms with Gasteiger partial charge in [-0.25, -0.2) is 0 Å². The van der Waals surface area contributed by atoms with E-state index in [2.05, 4.69) is 0 Å². The van der Waals surface area contributed by atoms with Crippen LogP contribution in [-0.2, 0) is 9.47 Å². The second-order valence-corrected chi connectivity index (χ2v) is 4.13. The first-order valence-electron chi connectivity index (χ1n) is 5.18. The van der Waals surface area contributed by atoms with Gasteiger partial charge in [-0.3, -0.25) is 0 Å². The van der Waals surface area contributed by atoms with Gasteiger partial charge in [0.25, 0.3) is 0 Å². The Kier molecular flexibility index (Phi) is 2.58. The normalized spacial score (nSPS) is 43.8. The molecule has 0 aromatic heterocycles. The van der Waals surface area contributed by atoms with E-state index >= 15 is 0 Å². The Hall–Kier alpha value is -0.120. The van der Waals surface area contributed by atoms with E-state index in [0.717, 1.165) is 19.3 Å². The van der Waals surface area contributed by atoms with Gasteiger partial charge >= 0.3 is 0 Å². The zero-order chi connectivity index (χ0) is 9.31. The van der Waals surface area contributed by atoms with Crippen LogP contribution in [0.15, 0.2) is 0 Å². The minimum Gasteiger partial charge on any atom is -0.396 e. The molecule has 1 aliphatic heterocycles. The van der Waals surface area contributed by atoms with Gasteiger partial charge in [-0.15, -0.1) is 0 Å².